The molecule has 2 aromatic rings. The molecule has 0 bridgehead atoms. The molecule has 20 heavy (non-hydrogen) atoms. The predicted octanol–water partition coefficient (Wildman–Crippen LogP) is 2.60. The molecule has 1 N–H and O–H groups in total. The monoisotopic (exact) mass is 268 g/mol. The summed E-state index contributed by atoms with van der Waals surface area (Å²) < 4.78 is 0. The number of amides is 1. The van der Waals surface area contributed by atoms with Crippen LogP contribution in [-0.2, 0) is 11.4 Å². The quantitative estimate of drug-likeness (QED) is 0.669. The third-order valence-corrected chi connectivity index (χ3v) is 2.78. The van der Waals surface area contributed by atoms with Crippen LogP contribution >= 0.6 is 0 Å². The minimum Gasteiger partial charge on any atom is -0.399 e. The van der Waals surface area contributed by atoms with E-state index in [-0.39, 0.29) is 5.91 Å². The van der Waals surface area contributed by atoms with Crippen LogP contribution in [0.4, 0.5) is 0 Å². The molecule has 0 heterocycles. The van der Waals surface area contributed by atoms with E-state index in [1.165, 1.54) is 7.11 Å². The molecule has 2 rings (SSSR count). The fourth-order valence-corrected chi connectivity index (χ4v) is 1.71. The zero-order chi connectivity index (χ0) is 14.2. The zero-order valence-corrected chi connectivity index (χ0v) is 11.2. The lowest BCUT2D eigenvalue weighted by Gasteiger charge is -2.05. The maximum Gasteiger partial charge on any atom is 0.251 e. The number of carbonyl (C=O) groups is 1. The summed E-state index contributed by atoms with van der Waals surface area (Å²) in [6.45, 7) is 0.520. The third kappa shape index (κ3) is 3.95. The van der Waals surface area contributed by atoms with Crippen molar-refractivity contribution in [3.8, 4) is 0 Å². The molecule has 0 spiro atoms. The molecule has 2 aromatic carbocycles. The highest BCUT2D eigenvalue weighted by Gasteiger charge is 2.04. The molecule has 0 saturated carbocycles. The first-order valence-corrected chi connectivity index (χ1v) is 6.28. The highest BCUT2D eigenvalue weighted by Crippen LogP contribution is 2.04. The Kier molecular flexibility index (Phi) is 4.89. The topological polar surface area (TPSA) is 50.7 Å². The fourth-order valence-electron chi connectivity index (χ4n) is 1.71. The van der Waals surface area contributed by atoms with E-state index in [2.05, 4.69) is 15.3 Å². The van der Waals surface area contributed by atoms with Gasteiger partial charge in [-0.1, -0.05) is 47.6 Å². The van der Waals surface area contributed by atoms with Gasteiger partial charge in [0.25, 0.3) is 5.91 Å². The molecule has 1 amide bonds. The summed E-state index contributed by atoms with van der Waals surface area (Å²) in [4.78, 5) is 16.6. The molecule has 4 heteroatoms. The highest BCUT2D eigenvalue weighted by atomic mass is 16.6. The van der Waals surface area contributed by atoms with E-state index in [0.29, 0.717) is 12.1 Å². The Morgan fingerprint density at radius 1 is 1.15 bits per heavy atom. The predicted molar refractivity (Wildman–Crippen MR) is 78.7 cm³/mol. The fraction of sp³-hybridized carbons (Fsp3) is 0.125. The van der Waals surface area contributed by atoms with Gasteiger partial charge in [-0.3, -0.25) is 4.79 Å². The molecule has 4 nitrogen and oxygen atoms in total. The van der Waals surface area contributed by atoms with Crippen LogP contribution in [0.5, 0.6) is 0 Å². The van der Waals surface area contributed by atoms with Gasteiger partial charge >= 0.3 is 0 Å². The average Bonchev–Trinajstić information content (AvgIpc) is 2.52. The van der Waals surface area contributed by atoms with Gasteiger partial charge in [0, 0.05) is 12.1 Å². The summed E-state index contributed by atoms with van der Waals surface area (Å²) in [6.07, 6.45) is 1.59. The standard InChI is InChI=1S/C16H16N2O2/c1-20-18-12-14-7-9-15(10-8-14)16(19)17-11-13-5-3-2-4-6-13/h2-10,12H,11H2,1H3,(H,17,19)/b18-12+. The number of nitrogens with zero attached hydrogens (tertiary/aromatic N) is 1. The van der Waals surface area contributed by atoms with Crippen molar-refractivity contribution in [3.63, 3.8) is 0 Å². The van der Waals surface area contributed by atoms with Crippen LogP contribution in [0.2, 0.25) is 0 Å². The van der Waals surface area contributed by atoms with E-state index < -0.39 is 0 Å². The lowest BCUT2D eigenvalue weighted by molar-refractivity contribution is 0.0951. The first-order chi connectivity index (χ1) is 9.79. The van der Waals surface area contributed by atoms with Crippen LogP contribution < -0.4 is 5.32 Å². The van der Waals surface area contributed by atoms with Crippen LogP contribution in [-0.4, -0.2) is 19.2 Å². The Hall–Kier alpha value is -2.62. The Balaban J connectivity index is 1.94. The first kappa shape index (κ1) is 13.8. The number of hydrogen-bond donors (Lipinski definition) is 1. The van der Waals surface area contributed by atoms with Gasteiger partial charge in [-0.25, -0.2) is 0 Å². The summed E-state index contributed by atoms with van der Waals surface area (Å²) in [5.74, 6) is -0.0934. The number of rotatable bonds is 5. The molecule has 0 radical (unpaired) electrons. The van der Waals surface area contributed by atoms with Gasteiger partial charge in [-0.2, -0.15) is 0 Å². The summed E-state index contributed by atoms with van der Waals surface area (Å²) in [7, 11) is 1.49. The summed E-state index contributed by atoms with van der Waals surface area (Å²) >= 11 is 0. The summed E-state index contributed by atoms with van der Waals surface area (Å²) in [6, 6.07) is 17.0. The van der Waals surface area contributed by atoms with E-state index in [0.717, 1.165) is 11.1 Å². The number of nitrogens with one attached hydrogen (secondary N) is 1. The van der Waals surface area contributed by atoms with E-state index in [9.17, 15) is 4.79 Å². The molecule has 0 aliphatic heterocycles. The smallest absolute Gasteiger partial charge is 0.251 e. The van der Waals surface area contributed by atoms with Crippen LogP contribution in [0.25, 0.3) is 0 Å². The molecule has 0 aliphatic carbocycles. The Labute approximate surface area is 118 Å². The van der Waals surface area contributed by atoms with Gasteiger partial charge in [0.15, 0.2) is 0 Å². The minimum absolute atomic E-state index is 0.0934. The number of hydrogen-bond acceptors (Lipinski definition) is 3. The highest BCUT2D eigenvalue weighted by molar-refractivity contribution is 5.94. The SMILES string of the molecule is CO/N=C/c1ccc(C(=O)NCc2ccccc2)cc1. The van der Waals surface area contributed by atoms with Gasteiger partial charge in [0.05, 0.1) is 6.21 Å². The lowest BCUT2D eigenvalue weighted by Crippen LogP contribution is -2.22. The zero-order valence-electron chi connectivity index (χ0n) is 11.2. The maximum atomic E-state index is 12.0. The van der Waals surface area contributed by atoms with Crippen molar-refractivity contribution >= 4 is 12.1 Å². The molecule has 102 valence electrons. The molecule has 0 unspecified atom stereocenters. The van der Waals surface area contributed by atoms with Crippen LogP contribution in [0.3, 0.4) is 0 Å². The lowest BCUT2D eigenvalue weighted by atomic mass is 10.1. The molecular formula is C16H16N2O2. The Bertz CT molecular complexity index is 577. The average molecular weight is 268 g/mol. The Morgan fingerprint density at radius 3 is 2.50 bits per heavy atom. The molecule has 0 atom stereocenters. The molecule has 0 fully saturated rings. The van der Waals surface area contributed by atoms with Gasteiger partial charge < -0.3 is 10.2 Å². The van der Waals surface area contributed by atoms with Crippen molar-refractivity contribution in [2.45, 2.75) is 6.54 Å². The van der Waals surface area contributed by atoms with Gasteiger partial charge in [-0.05, 0) is 23.3 Å². The molecule has 0 aliphatic rings. The normalized spacial score (nSPS) is 10.4. The van der Waals surface area contributed by atoms with Crippen LogP contribution in [0.15, 0.2) is 59.8 Å². The van der Waals surface area contributed by atoms with Crippen LogP contribution in [0.1, 0.15) is 21.5 Å². The van der Waals surface area contributed by atoms with Crippen molar-refractivity contribution in [2.75, 3.05) is 7.11 Å². The van der Waals surface area contributed by atoms with E-state index in [1.54, 1.807) is 18.3 Å². The summed E-state index contributed by atoms with van der Waals surface area (Å²) in [5, 5.41) is 6.55. The van der Waals surface area contributed by atoms with Gasteiger partial charge in [0.1, 0.15) is 7.11 Å². The number of benzene rings is 2. The second-order valence-corrected chi connectivity index (χ2v) is 4.21. The van der Waals surface area contributed by atoms with Crippen molar-refractivity contribution in [1.82, 2.24) is 5.32 Å². The molecular weight excluding hydrogens is 252 g/mol. The van der Waals surface area contributed by atoms with Crippen molar-refractivity contribution in [3.05, 3.63) is 71.3 Å². The van der Waals surface area contributed by atoms with E-state index in [4.69, 9.17) is 0 Å². The van der Waals surface area contributed by atoms with Gasteiger partial charge in [0.2, 0.25) is 0 Å². The molecule has 0 saturated heterocycles. The van der Waals surface area contributed by atoms with Crippen molar-refractivity contribution < 1.29 is 9.63 Å². The van der Waals surface area contributed by atoms with Crippen molar-refractivity contribution in [1.29, 1.82) is 0 Å². The third-order valence-electron chi connectivity index (χ3n) is 2.78. The maximum absolute atomic E-state index is 12.0. The number of oxime groups is 1. The van der Waals surface area contributed by atoms with Crippen LogP contribution in [0, 0.1) is 0 Å². The minimum atomic E-state index is -0.0934. The number of carbonyl (C=O) groups excluding carboxylic acids is 1. The van der Waals surface area contributed by atoms with Gasteiger partial charge in [-0.15, -0.1) is 0 Å². The van der Waals surface area contributed by atoms with E-state index in [1.807, 2.05) is 42.5 Å². The van der Waals surface area contributed by atoms with Crippen molar-refractivity contribution in [2.24, 2.45) is 5.16 Å². The summed E-state index contributed by atoms with van der Waals surface area (Å²) in [5.41, 5.74) is 2.58. The molecule has 0 aromatic heterocycles. The second kappa shape index (κ2) is 7.09. The largest absolute Gasteiger partial charge is 0.399 e. The second-order valence-electron chi connectivity index (χ2n) is 4.21. The first-order valence-electron chi connectivity index (χ1n) is 6.28. The Morgan fingerprint density at radius 2 is 1.85 bits per heavy atom. The van der Waals surface area contributed by atoms with E-state index >= 15 is 0 Å².